The van der Waals surface area contributed by atoms with Crippen molar-refractivity contribution in [3.8, 4) is 0 Å². The number of hydrogen-bond donors (Lipinski definition) is 2. The number of anilines is 2. The van der Waals surface area contributed by atoms with Gasteiger partial charge < -0.3 is 15.5 Å². The van der Waals surface area contributed by atoms with E-state index in [0.29, 0.717) is 28.8 Å². The first-order chi connectivity index (χ1) is 12.5. The van der Waals surface area contributed by atoms with Crippen LogP contribution in [0.2, 0.25) is 5.15 Å². The lowest BCUT2D eigenvalue weighted by atomic mass is 10.0. The third kappa shape index (κ3) is 5.02. The normalized spacial score (nSPS) is 17.0. The van der Waals surface area contributed by atoms with Gasteiger partial charge in [0.15, 0.2) is 5.11 Å². The monoisotopic (exact) mass is 393 g/mol. The smallest absolute Gasteiger partial charge is 0.232 e. The molecular formula is C18H21ClFN5S. The van der Waals surface area contributed by atoms with E-state index in [9.17, 15) is 4.39 Å². The summed E-state index contributed by atoms with van der Waals surface area (Å²) in [6.45, 7) is 3.63. The first kappa shape index (κ1) is 18.8. The van der Waals surface area contributed by atoms with Gasteiger partial charge in [0.25, 0.3) is 0 Å². The van der Waals surface area contributed by atoms with E-state index in [0.717, 1.165) is 30.8 Å². The minimum absolute atomic E-state index is 0.263. The number of piperidine rings is 1. The molecule has 2 aromatic rings. The van der Waals surface area contributed by atoms with Crippen LogP contribution in [0.4, 0.5) is 16.2 Å². The van der Waals surface area contributed by atoms with Crippen molar-refractivity contribution in [2.45, 2.75) is 38.8 Å². The number of hydrogen-bond acceptors (Lipinski definition) is 4. The zero-order valence-electron chi connectivity index (χ0n) is 14.5. The van der Waals surface area contributed by atoms with Crippen LogP contribution in [0.3, 0.4) is 0 Å². The Balaban J connectivity index is 1.63. The average Bonchev–Trinajstić information content (AvgIpc) is 2.61. The maximum absolute atomic E-state index is 12.9. The number of nitrogens with one attached hydrogen (secondary N) is 2. The lowest BCUT2D eigenvalue weighted by molar-refractivity contribution is 0.481. The van der Waals surface area contributed by atoms with Crippen molar-refractivity contribution < 1.29 is 4.39 Å². The zero-order chi connectivity index (χ0) is 18.5. The molecule has 0 bridgehead atoms. The molecule has 1 fully saturated rings. The Kier molecular flexibility index (Phi) is 6.21. The fraction of sp³-hybridized carbons (Fsp3) is 0.389. The van der Waals surface area contributed by atoms with Crippen molar-refractivity contribution in [2.75, 3.05) is 16.8 Å². The van der Waals surface area contributed by atoms with Crippen LogP contribution in [0.25, 0.3) is 0 Å². The zero-order valence-corrected chi connectivity index (χ0v) is 16.1. The molecule has 26 heavy (non-hydrogen) atoms. The van der Waals surface area contributed by atoms with Gasteiger partial charge >= 0.3 is 0 Å². The van der Waals surface area contributed by atoms with Crippen LogP contribution < -0.4 is 15.5 Å². The average molecular weight is 394 g/mol. The molecule has 5 nitrogen and oxygen atoms in total. The van der Waals surface area contributed by atoms with Gasteiger partial charge in [-0.05, 0) is 56.1 Å². The van der Waals surface area contributed by atoms with Gasteiger partial charge in [-0.2, -0.15) is 4.98 Å². The predicted octanol–water partition coefficient (Wildman–Crippen LogP) is 4.13. The number of aromatic nitrogens is 2. The Morgan fingerprint density at radius 2 is 2.08 bits per heavy atom. The number of halogens is 2. The van der Waals surface area contributed by atoms with Gasteiger partial charge in [0, 0.05) is 25.2 Å². The molecule has 0 saturated carbocycles. The van der Waals surface area contributed by atoms with Crippen LogP contribution in [0.15, 0.2) is 30.3 Å². The van der Waals surface area contributed by atoms with Gasteiger partial charge in [0.1, 0.15) is 16.8 Å². The summed E-state index contributed by atoms with van der Waals surface area (Å²) in [7, 11) is 0. The quantitative estimate of drug-likeness (QED) is 0.601. The van der Waals surface area contributed by atoms with Gasteiger partial charge in [0.2, 0.25) is 5.95 Å². The second-order valence-electron chi connectivity index (χ2n) is 6.34. The van der Waals surface area contributed by atoms with Crippen molar-refractivity contribution in [2.24, 2.45) is 0 Å². The van der Waals surface area contributed by atoms with E-state index in [4.69, 9.17) is 23.8 Å². The number of rotatable bonds is 4. The van der Waals surface area contributed by atoms with E-state index < -0.39 is 0 Å². The second-order valence-corrected chi connectivity index (χ2v) is 7.14. The Morgan fingerprint density at radius 1 is 1.31 bits per heavy atom. The highest BCUT2D eigenvalue weighted by molar-refractivity contribution is 7.80. The molecule has 138 valence electrons. The standard InChI is InChI=1S/C18H21ClFN5S/c1-12-4-2-3-9-25(12)16-10-15(19)22-17(23-16)24-18(26)21-11-13-5-7-14(20)8-6-13/h5-8,10,12H,2-4,9,11H2,1H3,(H2,21,22,23,24,26). The SMILES string of the molecule is CC1CCCCN1c1cc(Cl)nc(NC(=S)NCc2ccc(F)cc2)n1. The maximum atomic E-state index is 12.9. The van der Waals surface area contributed by atoms with Crippen molar-refractivity contribution in [3.63, 3.8) is 0 Å². The molecule has 8 heteroatoms. The molecule has 1 unspecified atom stereocenters. The van der Waals surface area contributed by atoms with Crippen molar-refractivity contribution in [3.05, 3.63) is 46.9 Å². The molecule has 1 aliphatic rings. The molecule has 3 rings (SSSR count). The minimum atomic E-state index is -0.263. The largest absolute Gasteiger partial charge is 0.358 e. The summed E-state index contributed by atoms with van der Waals surface area (Å²) in [4.78, 5) is 11.0. The van der Waals surface area contributed by atoms with E-state index in [-0.39, 0.29) is 5.82 Å². The van der Waals surface area contributed by atoms with Crippen LogP contribution in [0, 0.1) is 5.82 Å². The van der Waals surface area contributed by atoms with E-state index in [1.54, 1.807) is 18.2 Å². The Morgan fingerprint density at radius 3 is 2.81 bits per heavy atom. The Labute approximate surface area is 163 Å². The lowest BCUT2D eigenvalue weighted by Crippen LogP contribution is -2.38. The first-order valence-electron chi connectivity index (χ1n) is 8.62. The second kappa shape index (κ2) is 8.60. The van der Waals surface area contributed by atoms with Gasteiger partial charge in [-0.1, -0.05) is 23.7 Å². The summed E-state index contributed by atoms with van der Waals surface area (Å²) < 4.78 is 12.9. The molecule has 2 N–H and O–H groups in total. The van der Waals surface area contributed by atoms with Crippen molar-refractivity contribution >= 4 is 40.7 Å². The Hall–Kier alpha value is -1.99. The summed E-state index contributed by atoms with van der Waals surface area (Å²) in [5, 5.41) is 6.78. The maximum Gasteiger partial charge on any atom is 0.232 e. The third-order valence-electron chi connectivity index (χ3n) is 4.37. The van der Waals surface area contributed by atoms with Crippen LogP contribution in [-0.2, 0) is 6.54 Å². The predicted molar refractivity (Wildman–Crippen MR) is 107 cm³/mol. The number of thiocarbonyl (C=S) groups is 1. The van der Waals surface area contributed by atoms with Gasteiger partial charge in [0.05, 0.1) is 0 Å². The summed E-state index contributed by atoms with van der Waals surface area (Å²) in [6.07, 6.45) is 3.52. The number of benzene rings is 1. The van der Waals surface area contributed by atoms with E-state index in [1.165, 1.54) is 18.6 Å². The summed E-state index contributed by atoms with van der Waals surface area (Å²) >= 11 is 11.5. The van der Waals surface area contributed by atoms with E-state index in [2.05, 4.69) is 32.4 Å². The summed E-state index contributed by atoms with van der Waals surface area (Å²) in [6, 6.07) is 8.45. The van der Waals surface area contributed by atoms with Crippen LogP contribution in [-0.4, -0.2) is 27.7 Å². The molecule has 1 atom stereocenters. The van der Waals surface area contributed by atoms with E-state index >= 15 is 0 Å². The van der Waals surface area contributed by atoms with Gasteiger partial charge in [-0.3, -0.25) is 0 Å². The lowest BCUT2D eigenvalue weighted by Gasteiger charge is -2.34. The molecule has 1 saturated heterocycles. The topological polar surface area (TPSA) is 53.1 Å². The molecule has 1 aliphatic heterocycles. The Bertz CT molecular complexity index is 771. The highest BCUT2D eigenvalue weighted by atomic mass is 35.5. The minimum Gasteiger partial charge on any atom is -0.358 e. The van der Waals surface area contributed by atoms with Gasteiger partial charge in [-0.25, -0.2) is 9.37 Å². The molecule has 1 aromatic heterocycles. The van der Waals surface area contributed by atoms with Gasteiger partial charge in [-0.15, -0.1) is 0 Å². The molecule has 2 heterocycles. The van der Waals surface area contributed by atoms with Crippen LogP contribution >= 0.6 is 23.8 Å². The molecule has 0 aliphatic carbocycles. The number of nitrogens with zero attached hydrogens (tertiary/aromatic N) is 3. The van der Waals surface area contributed by atoms with Crippen molar-refractivity contribution in [1.29, 1.82) is 0 Å². The molecular weight excluding hydrogens is 373 g/mol. The molecule has 0 spiro atoms. The summed E-state index contributed by atoms with van der Waals surface area (Å²) in [5.41, 5.74) is 0.922. The van der Waals surface area contributed by atoms with E-state index in [1.807, 2.05) is 0 Å². The molecule has 1 aromatic carbocycles. The highest BCUT2D eigenvalue weighted by Crippen LogP contribution is 2.25. The third-order valence-corrected chi connectivity index (χ3v) is 4.81. The molecule has 0 radical (unpaired) electrons. The first-order valence-corrected chi connectivity index (χ1v) is 9.40. The summed E-state index contributed by atoms with van der Waals surface area (Å²) in [5.74, 6) is 0.907. The highest BCUT2D eigenvalue weighted by Gasteiger charge is 2.21. The van der Waals surface area contributed by atoms with Crippen molar-refractivity contribution in [1.82, 2.24) is 15.3 Å². The fourth-order valence-electron chi connectivity index (χ4n) is 2.98. The van der Waals surface area contributed by atoms with Crippen LogP contribution in [0.5, 0.6) is 0 Å². The molecule has 0 amide bonds. The fourth-order valence-corrected chi connectivity index (χ4v) is 3.32. The van der Waals surface area contributed by atoms with Crippen LogP contribution in [0.1, 0.15) is 31.7 Å².